The number of carbonyl (C=O) groups is 1. The molecule has 0 N–H and O–H groups in total. The minimum atomic E-state index is -4.47. The fraction of sp³-hybridized carbons (Fsp3) is 0.667. The van der Waals surface area contributed by atoms with Crippen LogP contribution in [0.15, 0.2) is 12.3 Å². The van der Waals surface area contributed by atoms with E-state index in [0.717, 1.165) is 25.7 Å². The van der Waals surface area contributed by atoms with E-state index in [2.05, 4.69) is 16.6 Å². The summed E-state index contributed by atoms with van der Waals surface area (Å²) in [5.41, 5.74) is 0.285. The van der Waals surface area contributed by atoms with Crippen LogP contribution in [-0.2, 0) is 0 Å². The van der Waals surface area contributed by atoms with Gasteiger partial charge in [0.05, 0.1) is 5.56 Å². The smallest absolute Gasteiger partial charge is 0.422 e. The highest BCUT2D eigenvalue weighted by molar-refractivity contribution is 6.32. The third kappa shape index (κ3) is 4.24. The summed E-state index contributed by atoms with van der Waals surface area (Å²) >= 11 is 5.98. The number of alkyl halides is 3. The SMILES string of the molecule is CC1CCN(C(=O)c2cnc(OCC(F)(F)F)c(Cl)c2)C2CCCCC12. The van der Waals surface area contributed by atoms with Crippen LogP contribution in [0.5, 0.6) is 5.88 Å². The summed E-state index contributed by atoms with van der Waals surface area (Å²) in [6.07, 6.45) is 2.18. The van der Waals surface area contributed by atoms with Crippen LogP contribution in [0.3, 0.4) is 0 Å². The minimum absolute atomic E-state index is 0.0920. The number of carbonyl (C=O) groups excluding carboxylic acids is 1. The van der Waals surface area contributed by atoms with Crippen molar-refractivity contribution in [2.45, 2.75) is 51.2 Å². The van der Waals surface area contributed by atoms with Crippen LogP contribution in [0, 0.1) is 11.8 Å². The van der Waals surface area contributed by atoms with Gasteiger partial charge in [0.15, 0.2) is 6.61 Å². The molecule has 2 fully saturated rings. The Hall–Kier alpha value is -1.50. The Morgan fingerprint density at radius 2 is 2.08 bits per heavy atom. The molecule has 0 aromatic carbocycles. The van der Waals surface area contributed by atoms with Gasteiger partial charge in [0, 0.05) is 18.8 Å². The van der Waals surface area contributed by atoms with Crippen LogP contribution < -0.4 is 4.74 Å². The molecule has 0 bridgehead atoms. The number of hydrogen-bond acceptors (Lipinski definition) is 3. The van der Waals surface area contributed by atoms with Crippen molar-refractivity contribution in [2.75, 3.05) is 13.2 Å². The predicted molar refractivity (Wildman–Crippen MR) is 91.4 cm³/mol. The Morgan fingerprint density at radius 3 is 2.77 bits per heavy atom. The molecule has 1 aliphatic heterocycles. The van der Waals surface area contributed by atoms with Crippen LogP contribution in [0.1, 0.15) is 49.4 Å². The first-order chi connectivity index (χ1) is 12.3. The lowest BCUT2D eigenvalue weighted by Gasteiger charge is -2.47. The topological polar surface area (TPSA) is 42.4 Å². The molecule has 3 unspecified atom stereocenters. The second-order valence-corrected chi connectivity index (χ2v) is 7.60. The molecule has 4 nitrogen and oxygen atoms in total. The number of rotatable bonds is 3. The highest BCUT2D eigenvalue weighted by Crippen LogP contribution is 2.39. The van der Waals surface area contributed by atoms with Crippen molar-refractivity contribution < 1.29 is 22.7 Å². The average Bonchev–Trinajstić information content (AvgIpc) is 2.60. The Bertz CT molecular complexity index is 668. The maximum Gasteiger partial charge on any atom is 0.422 e. The lowest BCUT2D eigenvalue weighted by molar-refractivity contribution is -0.154. The molecular formula is C18H22ClF3N2O2. The van der Waals surface area contributed by atoms with Gasteiger partial charge in [0.2, 0.25) is 5.88 Å². The van der Waals surface area contributed by atoms with Crippen molar-refractivity contribution in [3.05, 3.63) is 22.8 Å². The Labute approximate surface area is 155 Å². The first-order valence-electron chi connectivity index (χ1n) is 8.92. The molecule has 3 rings (SSSR count). The minimum Gasteiger partial charge on any atom is -0.467 e. The largest absolute Gasteiger partial charge is 0.467 e. The molecule has 1 saturated heterocycles. The third-order valence-corrected chi connectivity index (χ3v) is 5.70. The average molecular weight is 391 g/mol. The van der Waals surface area contributed by atoms with Crippen molar-refractivity contribution in [3.8, 4) is 5.88 Å². The van der Waals surface area contributed by atoms with Crippen molar-refractivity contribution in [1.82, 2.24) is 9.88 Å². The number of aromatic nitrogens is 1. The molecule has 1 amide bonds. The van der Waals surface area contributed by atoms with Crippen LogP contribution in [0.4, 0.5) is 13.2 Å². The monoisotopic (exact) mass is 390 g/mol. The van der Waals surface area contributed by atoms with E-state index in [0.29, 0.717) is 18.4 Å². The Kier molecular flexibility index (Phi) is 5.65. The summed E-state index contributed by atoms with van der Waals surface area (Å²) in [5, 5.41) is -0.0920. The van der Waals surface area contributed by atoms with Crippen LogP contribution in [0.25, 0.3) is 0 Å². The van der Waals surface area contributed by atoms with E-state index in [9.17, 15) is 18.0 Å². The van der Waals surface area contributed by atoms with Crippen LogP contribution in [-0.4, -0.2) is 41.2 Å². The molecule has 1 aromatic heterocycles. The summed E-state index contributed by atoms with van der Waals surface area (Å²) in [6.45, 7) is 1.46. The standard InChI is InChI=1S/C18H22ClF3N2O2/c1-11-6-7-24(15-5-3-2-4-13(11)15)17(25)12-8-14(19)16(23-9-12)26-10-18(20,21)22/h8-9,11,13,15H,2-7,10H2,1H3. The van der Waals surface area contributed by atoms with Gasteiger partial charge >= 0.3 is 6.18 Å². The highest BCUT2D eigenvalue weighted by Gasteiger charge is 2.39. The summed E-state index contributed by atoms with van der Waals surface area (Å²) in [6, 6.07) is 1.57. The Balaban J connectivity index is 1.74. The van der Waals surface area contributed by atoms with Gasteiger partial charge in [-0.3, -0.25) is 4.79 Å². The normalized spacial score (nSPS) is 26.3. The molecule has 2 aliphatic rings. The van der Waals surface area contributed by atoms with E-state index < -0.39 is 12.8 Å². The van der Waals surface area contributed by atoms with Gasteiger partial charge in [-0.25, -0.2) is 4.98 Å². The number of likely N-dealkylation sites (tertiary alicyclic amines) is 1. The second kappa shape index (κ2) is 7.62. The number of piperidine rings is 1. The van der Waals surface area contributed by atoms with Crippen molar-refractivity contribution in [3.63, 3.8) is 0 Å². The molecule has 1 aliphatic carbocycles. The van der Waals surface area contributed by atoms with Gasteiger partial charge in [-0.15, -0.1) is 0 Å². The van der Waals surface area contributed by atoms with Crippen molar-refractivity contribution >= 4 is 17.5 Å². The third-order valence-electron chi connectivity index (χ3n) is 5.43. The van der Waals surface area contributed by atoms with E-state index in [-0.39, 0.29) is 28.4 Å². The molecule has 144 valence electrons. The number of nitrogens with zero attached hydrogens (tertiary/aromatic N) is 2. The fourth-order valence-corrected chi connectivity index (χ4v) is 4.35. The number of hydrogen-bond donors (Lipinski definition) is 0. The van der Waals surface area contributed by atoms with Crippen LogP contribution in [0.2, 0.25) is 5.02 Å². The summed E-state index contributed by atoms with van der Waals surface area (Å²) in [5.74, 6) is 0.636. The zero-order valence-corrected chi connectivity index (χ0v) is 15.3. The molecule has 26 heavy (non-hydrogen) atoms. The predicted octanol–water partition coefficient (Wildman–Crippen LogP) is 4.72. The maximum atomic E-state index is 12.9. The van der Waals surface area contributed by atoms with Gasteiger partial charge in [0.25, 0.3) is 5.91 Å². The number of fused-ring (bicyclic) bond motifs is 1. The first-order valence-corrected chi connectivity index (χ1v) is 9.30. The quantitative estimate of drug-likeness (QED) is 0.750. The number of amides is 1. The molecular weight excluding hydrogens is 369 g/mol. The van der Waals surface area contributed by atoms with Gasteiger partial charge in [0.1, 0.15) is 5.02 Å². The Morgan fingerprint density at radius 1 is 1.35 bits per heavy atom. The molecule has 0 spiro atoms. The lowest BCUT2D eigenvalue weighted by atomic mass is 9.72. The summed E-state index contributed by atoms with van der Waals surface area (Å²) in [4.78, 5) is 18.7. The lowest BCUT2D eigenvalue weighted by Crippen LogP contribution is -2.52. The fourth-order valence-electron chi connectivity index (χ4n) is 4.13. The molecule has 3 atom stereocenters. The van der Waals surface area contributed by atoms with E-state index >= 15 is 0 Å². The molecule has 1 aromatic rings. The number of halogens is 4. The first kappa shape index (κ1) is 19.3. The zero-order chi connectivity index (χ0) is 18.9. The summed E-state index contributed by atoms with van der Waals surface area (Å²) in [7, 11) is 0. The van der Waals surface area contributed by atoms with Gasteiger partial charge < -0.3 is 9.64 Å². The zero-order valence-electron chi connectivity index (χ0n) is 14.6. The van der Waals surface area contributed by atoms with E-state index in [4.69, 9.17) is 11.6 Å². The van der Waals surface area contributed by atoms with E-state index in [1.807, 2.05) is 4.90 Å². The molecule has 2 heterocycles. The summed E-state index contributed by atoms with van der Waals surface area (Å²) < 4.78 is 41.4. The second-order valence-electron chi connectivity index (χ2n) is 7.19. The number of pyridine rings is 1. The molecule has 8 heteroatoms. The maximum absolute atomic E-state index is 12.9. The number of ether oxygens (including phenoxy) is 1. The van der Waals surface area contributed by atoms with Gasteiger partial charge in [-0.2, -0.15) is 13.2 Å². The van der Waals surface area contributed by atoms with E-state index in [1.165, 1.54) is 18.7 Å². The van der Waals surface area contributed by atoms with Gasteiger partial charge in [-0.05, 0) is 37.2 Å². The van der Waals surface area contributed by atoms with E-state index in [1.54, 1.807) is 0 Å². The molecule has 0 radical (unpaired) electrons. The van der Waals surface area contributed by atoms with Crippen molar-refractivity contribution in [2.24, 2.45) is 11.8 Å². The molecule has 1 saturated carbocycles. The van der Waals surface area contributed by atoms with Crippen LogP contribution >= 0.6 is 11.6 Å². The van der Waals surface area contributed by atoms with Crippen molar-refractivity contribution in [1.29, 1.82) is 0 Å². The van der Waals surface area contributed by atoms with Gasteiger partial charge in [-0.1, -0.05) is 31.4 Å². The highest BCUT2D eigenvalue weighted by atomic mass is 35.5.